The molecule has 0 aliphatic rings. The molecule has 0 aromatic heterocycles. The number of carbonyl (C=O) groups is 1. The van der Waals surface area contributed by atoms with Crippen molar-refractivity contribution in [1.29, 1.82) is 0 Å². The van der Waals surface area contributed by atoms with Crippen LogP contribution in [0.15, 0.2) is 0 Å². The van der Waals surface area contributed by atoms with Gasteiger partial charge in [0.2, 0.25) is 5.91 Å². The largest absolute Gasteiger partial charge is 0.368 e. The zero-order valence-electron chi connectivity index (χ0n) is 4.68. The number of primary amides is 1. The second-order valence-corrected chi connectivity index (χ2v) is 1.70. The Labute approximate surface area is 57.7 Å². The van der Waals surface area contributed by atoms with Gasteiger partial charge in [0.05, 0.1) is 6.54 Å². The molecule has 0 bridgehead atoms. The van der Waals surface area contributed by atoms with Gasteiger partial charge in [-0.1, -0.05) is 0 Å². The van der Waals surface area contributed by atoms with Crippen LogP contribution < -0.4 is 22.3 Å². The molecule has 6 heteroatoms. The molecule has 0 aliphatic carbocycles. The normalized spacial score (nSPS) is 8.11. The molecule has 0 spiro atoms. The van der Waals surface area contributed by atoms with E-state index in [2.05, 4.69) is 23.0 Å². The predicted molar refractivity (Wildman–Crippen MR) is 37.1 cm³/mol. The monoisotopic (exact) mass is 148 g/mol. The van der Waals surface area contributed by atoms with Crippen molar-refractivity contribution in [3.8, 4) is 0 Å². The summed E-state index contributed by atoms with van der Waals surface area (Å²) >= 11 is 4.52. The van der Waals surface area contributed by atoms with Gasteiger partial charge in [0.15, 0.2) is 5.11 Å². The first kappa shape index (κ1) is 8.12. The third kappa shape index (κ3) is 4.98. The molecule has 0 radical (unpaired) electrons. The molecular formula is C3H8N4OS. The van der Waals surface area contributed by atoms with Crippen molar-refractivity contribution in [2.75, 3.05) is 6.54 Å². The maximum atomic E-state index is 10.1. The van der Waals surface area contributed by atoms with Crippen LogP contribution in [0.2, 0.25) is 0 Å². The Kier molecular flexibility index (Phi) is 3.65. The highest BCUT2D eigenvalue weighted by Crippen LogP contribution is 1.59. The zero-order valence-corrected chi connectivity index (χ0v) is 5.49. The van der Waals surface area contributed by atoms with Crippen molar-refractivity contribution < 1.29 is 4.79 Å². The highest BCUT2D eigenvalue weighted by Gasteiger charge is 1.93. The Morgan fingerprint density at radius 3 is 2.56 bits per heavy atom. The molecule has 0 atom stereocenters. The first-order valence-corrected chi connectivity index (χ1v) is 2.60. The molecule has 0 fully saturated rings. The molecule has 0 saturated heterocycles. The molecule has 5 nitrogen and oxygen atoms in total. The summed E-state index contributed by atoms with van der Waals surface area (Å²) in [6.45, 7) is 0.00301. The minimum absolute atomic E-state index is 0.00301. The van der Waals surface area contributed by atoms with E-state index < -0.39 is 5.91 Å². The fourth-order valence-electron chi connectivity index (χ4n) is 0.218. The van der Waals surface area contributed by atoms with Crippen molar-refractivity contribution in [3.63, 3.8) is 0 Å². The van der Waals surface area contributed by atoms with E-state index in [1.807, 2.05) is 0 Å². The summed E-state index contributed by atoms with van der Waals surface area (Å²) < 4.78 is 0. The van der Waals surface area contributed by atoms with Gasteiger partial charge in [-0.2, -0.15) is 0 Å². The quantitative estimate of drug-likeness (QED) is 0.203. The van der Waals surface area contributed by atoms with Crippen molar-refractivity contribution >= 4 is 23.2 Å². The van der Waals surface area contributed by atoms with Crippen LogP contribution in [0, 0.1) is 0 Å². The topological polar surface area (TPSA) is 93.2 Å². The average molecular weight is 148 g/mol. The van der Waals surface area contributed by atoms with E-state index >= 15 is 0 Å². The number of hydrazine groups is 1. The third-order valence-electron chi connectivity index (χ3n) is 0.554. The molecular weight excluding hydrogens is 140 g/mol. The highest BCUT2D eigenvalue weighted by atomic mass is 32.1. The van der Waals surface area contributed by atoms with E-state index in [0.29, 0.717) is 0 Å². The summed E-state index contributed by atoms with van der Waals surface area (Å²) in [5.74, 6) is 4.37. The molecule has 0 aromatic carbocycles. The number of carbonyl (C=O) groups excluding carboxylic acids is 1. The summed E-state index contributed by atoms with van der Waals surface area (Å²) in [7, 11) is 0. The second-order valence-electron chi connectivity index (χ2n) is 1.29. The molecule has 6 N–H and O–H groups in total. The van der Waals surface area contributed by atoms with Crippen LogP contribution in [-0.4, -0.2) is 17.6 Å². The zero-order chi connectivity index (χ0) is 7.28. The smallest absolute Gasteiger partial charge is 0.236 e. The second kappa shape index (κ2) is 4.04. The van der Waals surface area contributed by atoms with E-state index in [-0.39, 0.29) is 11.7 Å². The Morgan fingerprint density at radius 1 is 1.67 bits per heavy atom. The van der Waals surface area contributed by atoms with Gasteiger partial charge >= 0.3 is 0 Å². The van der Waals surface area contributed by atoms with Gasteiger partial charge in [-0.05, 0) is 12.2 Å². The number of hydrogen-bond donors (Lipinski definition) is 4. The lowest BCUT2D eigenvalue weighted by molar-refractivity contribution is -0.116. The van der Waals surface area contributed by atoms with Gasteiger partial charge in [-0.25, -0.2) is 5.84 Å². The summed E-state index contributed by atoms with van der Waals surface area (Å²) in [6, 6.07) is 0. The first-order chi connectivity index (χ1) is 4.16. The minimum atomic E-state index is -0.479. The van der Waals surface area contributed by atoms with Crippen LogP contribution in [0.1, 0.15) is 0 Å². The lowest BCUT2D eigenvalue weighted by atomic mass is 10.6. The number of nitrogens with one attached hydrogen (secondary N) is 2. The van der Waals surface area contributed by atoms with Crippen LogP contribution in [-0.2, 0) is 4.79 Å². The van der Waals surface area contributed by atoms with Crippen molar-refractivity contribution in [3.05, 3.63) is 0 Å². The van der Waals surface area contributed by atoms with Gasteiger partial charge in [0.25, 0.3) is 0 Å². The van der Waals surface area contributed by atoms with E-state index in [4.69, 9.17) is 11.6 Å². The number of nitrogens with two attached hydrogens (primary N) is 2. The van der Waals surface area contributed by atoms with Crippen LogP contribution >= 0.6 is 12.2 Å². The standard InChI is InChI=1S/C3H8N4OS/c4-2(8)1-6-3(9)7-5/h1,5H2,(H2,4,8)(H2,6,7,9). The molecule has 0 rings (SSSR count). The molecule has 9 heavy (non-hydrogen) atoms. The number of thiocarbonyl (C=S) groups is 1. The van der Waals surface area contributed by atoms with Crippen molar-refractivity contribution in [2.24, 2.45) is 11.6 Å². The third-order valence-corrected chi connectivity index (χ3v) is 0.816. The molecule has 0 aromatic rings. The predicted octanol–water partition coefficient (Wildman–Crippen LogP) is -2.19. The Bertz CT molecular complexity index is 125. The fourth-order valence-corrected chi connectivity index (χ4v) is 0.291. The Balaban J connectivity index is 3.28. The first-order valence-electron chi connectivity index (χ1n) is 2.19. The van der Waals surface area contributed by atoms with Gasteiger partial charge in [0, 0.05) is 0 Å². The lowest BCUT2D eigenvalue weighted by Crippen LogP contribution is -2.43. The van der Waals surface area contributed by atoms with Crippen LogP contribution in [0.5, 0.6) is 0 Å². The number of amides is 1. The SMILES string of the molecule is NNC(=S)NCC(N)=O. The van der Waals surface area contributed by atoms with E-state index in [0.717, 1.165) is 0 Å². The Hall–Kier alpha value is -0.880. The maximum absolute atomic E-state index is 10.1. The van der Waals surface area contributed by atoms with Gasteiger partial charge in [0.1, 0.15) is 0 Å². The number of hydrogen-bond acceptors (Lipinski definition) is 3. The van der Waals surface area contributed by atoms with Crippen LogP contribution in [0.25, 0.3) is 0 Å². The summed E-state index contributed by atoms with van der Waals surface area (Å²) in [5.41, 5.74) is 6.90. The average Bonchev–Trinajstić information content (AvgIpc) is 1.83. The maximum Gasteiger partial charge on any atom is 0.236 e. The van der Waals surface area contributed by atoms with E-state index in [9.17, 15) is 4.79 Å². The van der Waals surface area contributed by atoms with E-state index in [1.54, 1.807) is 0 Å². The van der Waals surface area contributed by atoms with Gasteiger partial charge in [-0.3, -0.25) is 4.79 Å². The highest BCUT2D eigenvalue weighted by molar-refractivity contribution is 7.80. The summed E-state index contributed by atoms with van der Waals surface area (Å²) in [6.07, 6.45) is 0. The van der Waals surface area contributed by atoms with Gasteiger partial charge in [-0.15, -0.1) is 0 Å². The van der Waals surface area contributed by atoms with Crippen molar-refractivity contribution in [2.45, 2.75) is 0 Å². The minimum Gasteiger partial charge on any atom is -0.368 e. The molecule has 0 heterocycles. The molecule has 0 aliphatic heterocycles. The molecule has 52 valence electrons. The summed E-state index contributed by atoms with van der Waals surface area (Å²) in [5, 5.41) is 2.66. The molecule has 0 unspecified atom stereocenters. The number of rotatable bonds is 2. The van der Waals surface area contributed by atoms with Crippen molar-refractivity contribution in [1.82, 2.24) is 10.7 Å². The van der Waals surface area contributed by atoms with E-state index in [1.165, 1.54) is 0 Å². The van der Waals surface area contributed by atoms with Gasteiger partial charge < -0.3 is 16.5 Å². The summed E-state index contributed by atoms with van der Waals surface area (Å²) in [4.78, 5) is 10.1. The van der Waals surface area contributed by atoms with Crippen LogP contribution in [0.4, 0.5) is 0 Å². The Morgan fingerprint density at radius 2 is 2.22 bits per heavy atom. The van der Waals surface area contributed by atoms with Crippen LogP contribution in [0.3, 0.4) is 0 Å². The molecule has 1 amide bonds. The fraction of sp³-hybridized carbons (Fsp3) is 0.333. The lowest BCUT2D eigenvalue weighted by Gasteiger charge is -2.01. The molecule has 0 saturated carbocycles.